The summed E-state index contributed by atoms with van der Waals surface area (Å²) in [4.78, 5) is 3.84. The molecule has 0 aliphatic heterocycles. The predicted molar refractivity (Wildman–Crippen MR) is 67.1 cm³/mol. The first-order valence-electron chi connectivity index (χ1n) is 5.85. The molecule has 2 aromatic rings. The average Bonchev–Trinajstić information content (AvgIpc) is 2.97. The zero-order valence-corrected chi connectivity index (χ0v) is 11.9. The van der Waals surface area contributed by atoms with Crippen LogP contribution in [0.4, 0.5) is 0 Å². The molecule has 20 heavy (non-hydrogen) atoms. The van der Waals surface area contributed by atoms with E-state index in [4.69, 9.17) is 5.11 Å². The van der Waals surface area contributed by atoms with Gasteiger partial charge in [0.15, 0.2) is 5.82 Å². The van der Waals surface area contributed by atoms with E-state index >= 15 is 0 Å². The highest BCUT2D eigenvalue weighted by molar-refractivity contribution is 7.89. The van der Waals surface area contributed by atoms with Gasteiger partial charge in [-0.2, -0.15) is 10.1 Å². The molecule has 0 saturated carbocycles. The number of sulfonamides is 1. The summed E-state index contributed by atoms with van der Waals surface area (Å²) in [6, 6.07) is 0. The van der Waals surface area contributed by atoms with Crippen LogP contribution in [0.3, 0.4) is 0 Å². The molecule has 2 rings (SSSR count). The third kappa shape index (κ3) is 2.86. The molecule has 0 atom stereocenters. The minimum atomic E-state index is -3.73. The fourth-order valence-electron chi connectivity index (χ4n) is 1.88. The highest BCUT2D eigenvalue weighted by atomic mass is 32.2. The van der Waals surface area contributed by atoms with E-state index in [9.17, 15) is 8.42 Å². The molecule has 2 N–H and O–H groups in total. The molecular weight excluding hydrogens is 286 g/mol. The SMILES string of the molecule is Cc1nn(CCO)c(C)c1S(=O)(=O)NCc1ncon1. The molecule has 110 valence electrons. The fourth-order valence-corrected chi connectivity index (χ4v) is 3.27. The average molecular weight is 301 g/mol. The molecule has 0 spiro atoms. The zero-order chi connectivity index (χ0) is 14.8. The van der Waals surface area contributed by atoms with E-state index < -0.39 is 10.0 Å². The van der Waals surface area contributed by atoms with Gasteiger partial charge in [-0.15, -0.1) is 0 Å². The lowest BCUT2D eigenvalue weighted by Crippen LogP contribution is -2.25. The molecule has 0 amide bonds. The van der Waals surface area contributed by atoms with Crippen LogP contribution < -0.4 is 4.72 Å². The molecular formula is C10H15N5O4S. The summed E-state index contributed by atoms with van der Waals surface area (Å²) in [5.74, 6) is 0.242. The van der Waals surface area contributed by atoms with Gasteiger partial charge in [0, 0.05) is 0 Å². The summed E-state index contributed by atoms with van der Waals surface area (Å²) in [5.41, 5.74) is 0.841. The number of aromatic nitrogens is 4. The number of rotatable bonds is 6. The van der Waals surface area contributed by atoms with Crippen molar-refractivity contribution in [2.75, 3.05) is 6.61 Å². The highest BCUT2D eigenvalue weighted by Gasteiger charge is 2.24. The normalized spacial score (nSPS) is 11.9. The maximum absolute atomic E-state index is 12.3. The number of aliphatic hydroxyl groups excluding tert-OH is 1. The van der Waals surface area contributed by atoms with Crippen molar-refractivity contribution in [1.29, 1.82) is 0 Å². The second kappa shape index (κ2) is 5.69. The Morgan fingerprint density at radius 1 is 1.45 bits per heavy atom. The fraction of sp³-hybridized carbons (Fsp3) is 0.500. The van der Waals surface area contributed by atoms with Crippen LogP contribution >= 0.6 is 0 Å². The first-order valence-corrected chi connectivity index (χ1v) is 7.34. The van der Waals surface area contributed by atoms with Crippen molar-refractivity contribution in [2.24, 2.45) is 0 Å². The molecule has 0 aliphatic rings. The van der Waals surface area contributed by atoms with Crippen molar-refractivity contribution in [3.05, 3.63) is 23.6 Å². The molecule has 0 aliphatic carbocycles. The Balaban J connectivity index is 2.25. The lowest BCUT2D eigenvalue weighted by Gasteiger charge is -2.06. The van der Waals surface area contributed by atoms with Gasteiger partial charge in [0.25, 0.3) is 0 Å². The summed E-state index contributed by atoms with van der Waals surface area (Å²) >= 11 is 0. The van der Waals surface area contributed by atoms with Gasteiger partial charge in [0.1, 0.15) is 4.90 Å². The monoisotopic (exact) mass is 301 g/mol. The molecule has 9 nitrogen and oxygen atoms in total. The Labute approximate surface area is 115 Å². The lowest BCUT2D eigenvalue weighted by molar-refractivity contribution is 0.267. The van der Waals surface area contributed by atoms with Crippen molar-refractivity contribution in [2.45, 2.75) is 31.8 Å². The quantitative estimate of drug-likeness (QED) is 0.727. The molecule has 2 aromatic heterocycles. The van der Waals surface area contributed by atoms with Gasteiger partial charge in [-0.1, -0.05) is 5.16 Å². The molecule has 0 bridgehead atoms. The van der Waals surface area contributed by atoms with Gasteiger partial charge in [-0.3, -0.25) is 4.68 Å². The second-order valence-corrected chi connectivity index (χ2v) is 5.82. The first-order chi connectivity index (χ1) is 9.45. The van der Waals surface area contributed by atoms with Crippen LogP contribution in [-0.4, -0.2) is 40.1 Å². The maximum Gasteiger partial charge on any atom is 0.244 e. The van der Waals surface area contributed by atoms with E-state index in [1.54, 1.807) is 13.8 Å². The summed E-state index contributed by atoms with van der Waals surface area (Å²) in [6.45, 7) is 3.30. The lowest BCUT2D eigenvalue weighted by atomic mass is 10.4. The van der Waals surface area contributed by atoms with Gasteiger partial charge in [0.05, 0.1) is 31.1 Å². The first kappa shape index (κ1) is 14.6. The Hall–Kier alpha value is -1.78. The number of aliphatic hydroxyl groups is 1. The van der Waals surface area contributed by atoms with Crippen LogP contribution in [0.25, 0.3) is 0 Å². The summed E-state index contributed by atoms with van der Waals surface area (Å²) in [5, 5.41) is 16.5. The number of nitrogens with one attached hydrogen (secondary N) is 1. The molecule has 0 radical (unpaired) electrons. The second-order valence-electron chi connectivity index (χ2n) is 4.12. The van der Waals surface area contributed by atoms with Gasteiger partial charge in [0.2, 0.25) is 16.4 Å². The van der Waals surface area contributed by atoms with Crippen molar-refractivity contribution in [3.8, 4) is 0 Å². The largest absolute Gasteiger partial charge is 0.394 e. The van der Waals surface area contributed by atoms with Crippen LogP contribution in [-0.2, 0) is 23.1 Å². The van der Waals surface area contributed by atoms with Crippen LogP contribution in [0.15, 0.2) is 15.8 Å². The molecule has 10 heteroatoms. The molecule has 0 unspecified atom stereocenters. The molecule has 0 saturated heterocycles. The van der Waals surface area contributed by atoms with Crippen LogP contribution in [0, 0.1) is 13.8 Å². The number of hydrogen-bond donors (Lipinski definition) is 2. The highest BCUT2D eigenvalue weighted by Crippen LogP contribution is 2.19. The van der Waals surface area contributed by atoms with Crippen molar-refractivity contribution >= 4 is 10.0 Å². The topological polar surface area (TPSA) is 123 Å². The van der Waals surface area contributed by atoms with Gasteiger partial charge in [-0.05, 0) is 13.8 Å². The zero-order valence-electron chi connectivity index (χ0n) is 11.1. The van der Waals surface area contributed by atoms with Gasteiger partial charge >= 0.3 is 0 Å². The van der Waals surface area contributed by atoms with Crippen molar-refractivity contribution in [1.82, 2.24) is 24.6 Å². The van der Waals surface area contributed by atoms with E-state index in [1.807, 2.05) is 0 Å². The minimum absolute atomic E-state index is 0.0666. The van der Waals surface area contributed by atoms with E-state index in [-0.39, 0.29) is 30.4 Å². The standard InChI is InChI=1S/C10H15N5O4S/c1-7-10(8(2)15(13-7)3-4-16)20(17,18)12-5-9-11-6-19-14-9/h6,12,16H,3-5H2,1-2H3. The summed E-state index contributed by atoms with van der Waals surface area (Å²) in [7, 11) is -3.73. The minimum Gasteiger partial charge on any atom is -0.394 e. The third-order valence-corrected chi connectivity index (χ3v) is 4.38. The van der Waals surface area contributed by atoms with Crippen LogP contribution in [0.5, 0.6) is 0 Å². The summed E-state index contributed by atoms with van der Waals surface area (Å²) < 4.78 is 32.9. The van der Waals surface area contributed by atoms with Gasteiger partial charge < -0.3 is 9.63 Å². The van der Waals surface area contributed by atoms with E-state index in [0.29, 0.717) is 11.4 Å². The van der Waals surface area contributed by atoms with Crippen molar-refractivity contribution in [3.63, 3.8) is 0 Å². The Bertz CT molecular complexity index is 677. The Morgan fingerprint density at radius 2 is 2.20 bits per heavy atom. The number of hydrogen-bond acceptors (Lipinski definition) is 7. The number of aryl methyl sites for hydroxylation is 1. The third-order valence-electron chi connectivity index (χ3n) is 2.72. The molecule has 0 aromatic carbocycles. The predicted octanol–water partition coefficient (Wildman–Crippen LogP) is -0.646. The molecule has 2 heterocycles. The van der Waals surface area contributed by atoms with E-state index in [1.165, 1.54) is 4.68 Å². The summed E-state index contributed by atoms with van der Waals surface area (Å²) in [6.07, 6.45) is 1.12. The van der Waals surface area contributed by atoms with Gasteiger partial charge in [-0.25, -0.2) is 13.1 Å². The smallest absolute Gasteiger partial charge is 0.244 e. The van der Waals surface area contributed by atoms with E-state index in [2.05, 4.69) is 24.5 Å². The Morgan fingerprint density at radius 3 is 2.80 bits per heavy atom. The maximum atomic E-state index is 12.3. The Kier molecular flexibility index (Phi) is 4.16. The van der Waals surface area contributed by atoms with Crippen molar-refractivity contribution < 1.29 is 18.0 Å². The molecule has 0 fully saturated rings. The van der Waals surface area contributed by atoms with E-state index in [0.717, 1.165) is 6.39 Å². The number of nitrogens with zero attached hydrogens (tertiary/aromatic N) is 4. The van der Waals surface area contributed by atoms with Crippen LogP contribution in [0.1, 0.15) is 17.2 Å². The van der Waals surface area contributed by atoms with Crippen LogP contribution in [0.2, 0.25) is 0 Å².